The Bertz CT molecular complexity index is 1050. The maximum atomic E-state index is 12.4. The third-order valence-corrected chi connectivity index (χ3v) is 4.09. The van der Waals surface area contributed by atoms with Crippen molar-refractivity contribution in [2.75, 3.05) is 10.6 Å². The van der Waals surface area contributed by atoms with Gasteiger partial charge in [-0.15, -0.1) is 0 Å². The molecule has 142 valence electrons. The number of esters is 1. The van der Waals surface area contributed by atoms with E-state index < -0.39 is 18.0 Å². The van der Waals surface area contributed by atoms with Crippen LogP contribution in [0.2, 0.25) is 0 Å². The number of hydrogen-bond acceptors (Lipinski definition) is 4. The quantitative estimate of drug-likeness (QED) is 0.660. The number of benzene rings is 3. The van der Waals surface area contributed by atoms with E-state index in [1.54, 1.807) is 24.3 Å². The van der Waals surface area contributed by atoms with Crippen LogP contribution in [0, 0.1) is 0 Å². The molecule has 0 saturated carbocycles. The lowest BCUT2D eigenvalue weighted by atomic mass is 10.1. The van der Waals surface area contributed by atoms with Crippen LogP contribution in [0.15, 0.2) is 66.7 Å². The van der Waals surface area contributed by atoms with E-state index >= 15 is 0 Å². The zero-order valence-corrected chi connectivity index (χ0v) is 15.6. The van der Waals surface area contributed by atoms with Gasteiger partial charge in [-0.05, 0) is 48.0 Å². The molecule has 2 amide bonds. The van der Waals surface area contributed by atoms with Crippen LogP contribution in [0.25, 0.3) is 10.8 Å². The predicted molar refractivity (Wildman–Crippen MR) is 108 cm³/mol. The van der Waals surface area contributed by atoms with E-state index in [4.69, 9.17) is 4.74 Å². The maximum absolute atomic E-state index is 12.4. The number of ether oxygens (including phenoxy) is 1. The first-order valence-corrected chi connectivity index (χ1v) is 8.80. The number of carbonyl (C=O) groups is 3. The molecule has 0 fully saturated rings. The normalized spacial score (nSPS) is 11.5. The smallest absolute Gasteiger partial charge is 0.338 e. The first-order chi connectivity index (χ1) is 13.4. The average Bonchev–Trinajstić information content (AvgIpc) is 2.67. The van der Waals surface area contributed by atoms with Crippen LogP contribution in [0.4, 0.5) is 11.4 Å². The summed E-state index contributed by atoms with van der Waals surface area (Å²) in [6, 6.07) is 19.7. The summed E-state index contributed by atoms with van der Waals surface area (Å²) in [5, 5.41) is 7.42. The minimum Gasteiger partial charge on any atom is -0.449 e. The molecule has 0 radical (unpaired) electrons. The molecule has 0 aliphatic rings. The van der Waals surface area contributed by atoms with Gasteiger partial charge in [-0.1, -0.05) is 36.4 Å². The highest BCUT2D eigenvalue weighted by molar-refractivity contribution is 5.99. The van der Waals surface area contributed by atoms with Crippen LogP contribution in [-0.2, 0) is 14.3 Å². The molecule has 1 atom stereocenters. The summed E-state index contributed by atoms with van der Waals surface area (Å²) in [5.74, 6) is -1.32. The van der Waals surface area contributed by atoms with Crippen molar-refractivity contribution >= 4 is 39.9 Å². The molecule has 0 aromatic heterocycles. The third-order valence-electron chi connectivity index (χ3n) is 4.09. The van der Waals surface area contributed by atoms with Crippen LogP contribution in [-0.4, -0.2) is 23.9 Å². The van der Waals surface area contributed by atoms with Gasteiger partial charge in [0.15, 0.2) is 6.10 Å². The van der Waals surface area contributed by atoms with E-state index in [-0.39, 0.29) is 11.5 Å². The van der Waals surface area contributed by atoms with Gasteiger partial charge in [-0.2, -0.15) is 0 Å². The lowest BCUT2D eigenvalue weighted by molar-refractivity contribution is -0.123. The van der Waals surface area contributed by atoms with Crippen molar-refractivity contribution in [3.63, 3.8) is 0 Å². The zero-order valence-electron chi connectivity index (χ0n) is 15.6. The van der Waals surface area contributed by atoms with E-state index in [2.05, 4.69) is 10.6 Å². The molecular formula is C22H20N2O4. The number of hydrogen-bond donors (Lipinski definition) is 2. The number of fused-ring (bicyclic) bond motifs is 1. The minimum absolute atomic E-state index is 0.242. The monoisotopic (exact) mass is 376 g/mol. The Morgan fingerprint density at radius 1 is 0.821 bits per heavy atom. The lowest BCUT2D eigenvalue weighted by Gasteiger charge is -2.14. The Kier molecular flexibility index (Phi) is 5.69. The van der Waals surface area contributed by atoms with Gasteiger partial charge in [0.1, 0.15) is 0 Å². The van der Waals surface area contributed by atoms with Crippen LogP contribution in [0.5, 0.6) is 0 Å². The van der Waals surface area contributed by atoms with Gasteiger partial charge < -0.3 is 15.4 Å². The Morgan fingerprint density at radius 3 is 2.29 bits per heavy atom. The average molecular weight is 376 g/mol. The fraction of sp³-hybridized carbons (Fsp3) is 0.136. The summed E-state index contributed by atoms with van der Waals surface area (Å²) in [4.78, 5) is 35.8. The largest absolute Gasteiger partial charge is 0.449 e. The van der Waals surface area contributed by atoms with Crippen molar-refractivity contribution in [3.8, 4) is 0 Å². The highest BCUT2D eigenvalue weighted by Gasteiger charge is 2.19. The van der Waals surface area contributed by atoms with Gasteiger partial charge in [0, 0.05) is 18.3 Å². The van der Waals surface area contributed by atoms with Gasteiger partial charge in [0.2, 0.25) is 5.91 Å². The van der Waals surface area contributed by atoms with Gasteiger partial charge >= 0.3 is 5.97 Å². The van der Waals surface area contributed by atoms with Crippen molar-refractivity contribution < 1.29 is 19.1 Å². The van der Waals surface area contributed by atoms with Gasteiger partial charge in [0.05, 0.1) is 5.56 Å². The first-order valence-electron chi connectivity index (χ1n) is 8.80. The van der Waals surface area contributed by atoms with Crippen molar-refractivity contribution in [3.05, 3.63) is 72.3 Å². The van der Waals surface area contributed by atoms with E-state index in [1.165, 1.54) is 19.9 Å². The van der Waals surface area contributed by atoms with E-state index in [0.29, 0.717) is 11.4 Å². The fourth-order valence-corrected chi connectivity index (χ4v) is 2.72. The molecule has 0 heterocycles. The second kappa shape index (κ2) is 8.35. The molecule has 3 rings (SSSR count). The SMILES string of the molecule is CC(=O)Nc1cccc(C(=O)O[C@H](C)C(=O)Nc2ccc3ccccc3c2)c1. The molecule has 6 nitrogen and oxygen atoms in total. The first kappa shape index (κ1) is 19.1. The number of nitrogens with one attached hydrogen (secondary N) is 2. The Hall–Kier alpha value is -3.67. The van der Waals surface area contributed by atoms with E-state index in [1.807, 2.05) is 36.4 Å². The van der Waals surface area contributed by atoms with E-state index in [0.717, 1.165) is 10.8 Å². The third kappa shape index (κ3) is 4.73. The molecule has 3 aromatic carbocycles. The summed E-state index contributed by atoms with van der Waals surface area (Å²) in [6.45, 7) is 2.89. The van der Waals surface area contributed by atoms with Crippen molar-refractivity contribution in [1.29, 1.82) is 0 Å². The van der Waals surface area contributed by atoms with Crippen molar-refractivity contribution in [2.24, 2.45) is 0 Å². The number of rotatable bonds is 5. The number of amides is 2. The van der Waals surface area contributed by atoms with Gasteiger partial charge in [0.25, 0.3) is 5.91 Å². The second-order valence-corrected chi connectivity index (χ2v) is 6.36. The topological polar surface area (TPSA) is 84.5 Å². The van der Waals surface area contributed by atoms with Crippen LogP contribution in [0.1, 0.15) is 24.2 Å². The summed E-state index contributed by atoms with van der Waals surface area (Å²) < 4.78 is 5.25. The van der Waals surface area contributed by atoms with Gasteiger partial charge in [-0.25, -0.2) is 4.79 Å². The molecule has 0 saturated heterocycles. The lowest BCUT2D eigenvalue weighted by Crippen LogP contribution is -2.30. The second-order valence-electron chi connectivity index (χ2n) is 6.36. The van der Waals surface area contributed by atoms with Crippen molar-refractivity contribution in [1.82, 2.24) is 0 Å². The Labute approximate surface area is 162 Å². The van der Waals surface area contributed by atoms with Crippen molar-refractivity contribution in [2.45, 2.75) is 20.0 Å². The number of carbonyl (C=O) groups excluding carboxylic acids is 3. The molecule has 0 spiro atoms. The highest BCUT2D eigenvalue weighted by atomic mass is 16.5. The minimum atomic E-state index is -0.983. The van der Waals surface area contributed by atoms with Crippen LogP contribution in [0.3, 0.4) is 0 Å². The van der Waals surface area contributed by atoms with Crippen LogP contribution >= 0.6 is 0 Å². The predicted octanol–water partition coefficient (Wildman–Crippen LogP) is 3.98. The molecule has 6 heteroatoms. The highest BCUT2D eigenvalue weighted by Crippen LogP contribution is 2.19. The fourth-order valence-electron chi connectivity index (χ4n) is 2.72. The molecule has 2 N–H and O–H groups in total. The zero-order chi connectivity index (χ0) is 20.1. The summed E-state index contributed by atoms with van der Waals surface area (Å²) in [6.07, 6.45) is -0.983. The molecule has 28 heavy (non-hydrogen) atoms. The Morgan fingerprint density at radius 2 is 1.54 bits per heavy atom. The molecule has 3 aromatic rings. The summed E-state index contributed by atoms with van der Waals surface area (Å²) >= 11 is 0. The maximum Gasteiger partial charge on any atom is 0.338 e. The van der Waals surface area contributed by atoms with Gasteiger partial charge in [-0.3, -0.25) is 9.59 Å². The van der Waals surface area contributed by atoms with E-state index in [9.17, 15) is 14.4 Å². The number of anilines is 2. The molecular weight excluding hydrogens is 356 g/mol. The molecule has 0 aliphatic carbocycles. The summed E-state index contributed by atoms with van der Waals surface area (Å²) in [7, 11) is 0. The molecule has 0 aliphatic heterocycles. The standard InChI is InChI=1S/C22H20N2O4/c1-14(28-22(27)18-8-5-9-19(13-18)23-15(2)25)21(26)24-20-11-10-16-6-3-4-7-17(16)12-20/h3-14H,1-2H3,(H,23,25)(H,24,26)/t14-/m1/s1. The summed E-state index contributed by atoms with van der Waals surface area (Å²) in [5.41, 5.74) is 1.35. The molecule has 0 bridgehead atoms. The van der Waals surface area contributed by atoms with Crippen LogP contribution < -0.4 is 10.6 Å². The molecule has 0 unspecified atom stereocenters. The Balaban J connectivity index is 1.64.